The van der Waals surface area contributed by atoms with E-state index in [2.05, 4.69) is 34.8 Å². The molecule has 3 heterocycles. The lowest BCUT2D eigenvalue weighted by molar-refractivity contribution is -0.274. The number of ether oxygens (including phenoxy) is 1. The third-order valence-electron chi connectivity index (χ3n) is 4.77. The van der Waals surface area contributed by atoms with Gasteiger partial charge in [-0.05, 0) is 36.4 Å². The fourth-order valence-electron chi connectivity index (χ4n) is 3.30. The average molecular weight is 431 g/mol. The van der Waals surface area contributed by atoms with Crippen molar-refractivity contribution in [1.82, 2.24) is 15.0 Å². The quantitative estimate of drug-likeness (QED) is 0.635. The summed E-state index contributed by atoms with van der Waals surface area (Å²) >= 11 is 0. The van der Waals surface area contributed by atoms with Crippen molar-refractivity contribution in [2.75, 3.05) is 47.0 Å². The number of nitrogens with two attached hydrogens (primary N) is 1. The van der Waals surface area contributed by atoms with Crippen LogP contribution in [0.1, 0.15) is 0 Å². The maximum Gasteiger partial charge on any atom is 0.573 e. The van der Waals surface area contributed by atoms with E-state index in [1.165, 1.54) is 30.6 Å². The number of hydrogen-bond donors (Lipinski definition) is 2. The van der Waals surface area contributed by atoms with Gasteiger partial charge in [-0.1, -0.05) is 6.07 Å². The number of hydrogen-bond acceptors (Lipinski definition) is 8. The van der Waals surface area contributed by atoms with E-state index in [9.17, 15) is 13.2 Å². The molecule has 0 unspecified atom stereocenters. The molecule has 1 fully saturated rings. The number of rotatable bonds is 5. The van der Waals surface area contributed by atoms with Gasteiger partial charge in [0.15, 0.2) is 11.6 Å². The molecule has 1 saturated heterocycles. The highest BCUT2D eigenvalue weighted by Gasteiger charge is 2.31. The van der Waals surface area contributed by atoms with Crippen LogP contribution in [0.2, 0.25) is 0 Å². The molecule has 4 rings (SSSR count). The summed E-state index contributed by atoms with van der Waals surface area (Å²) in [6, 6.07) is 11.1. The molecule has 162 valence electrons. The summed E-state index contributed by atoms with van der Waals surface area (Å²) in [5, 5.41) is 3.02. The molecule has 0 spiro atoms. The molecule has 0 amide bonds. The lowest BCUT2D eigenvalue weighted by atomic mass is 10.2. The number of anilines is 5. The Morgan fingerprint density at radius 2 is 1.61 bits per heavy atom. The Labute approximate surface area is 176 Å². The van der Waals surface area contributed by atoms with Gasteiger partial charge in [-0.3, -0.25) is 0 Å². The van der Waals surface area contributed by atoms with Gasteiger partial charge in [-0.15, -0.1) is 13.2 Å². The number of piperazine rings is 1. The Morgan fingerprint density at radius 3 is 2.26 bits per heavy atom. The first-order chi connectivity index (χ1) is 14.9. The second-order valence-corrected chi connectivity index (χ2v) is 6.82. The zero-order valence-corrected chi connectivity index (χ0v) is 16.4. The maximum absolute atomic E-state index is 12.3. The van der Waals surface area contributed by atoms with Crippen molar-refractivity contribution in [2.24, 2.45) is 0 Å². The van der Waals surface area contributed by atoms with Crippen molar-refractivity contribution in [2.45, 2.75) is 6.36 Å². The van der Waals surface area contributed by atoms with Crippen molar-refractivity contribution in [1.29, 1.82) is 0 Å². The van der Waals surface area contributed by atoms with E-state index in [1.54, 1.807) is 6.20 Å². The summed E-state index contributed by atoms with van der Waals surface area (Å²) in [6.45, 7) is 2.95. The number of pyridine rings is 1. The molecule has 3 N–H and O–H groups in total. The van der Waals surface area contributed by atoms with Crippen LogP contribution in [0.15, 0.2) is 55.0 Å². The van der Waals surface area contributed by atoms with Gasteiger partial charge in [0.05, 0.1) is 0 Å². The lowest BCUT2D eigenvalue weighted by Crippen LogP contribution is -2.47. The van der Waals surface area contributed by atoms with E-state index in [-0.39, 0.29) is 5.75 Å². The minimum atomic E-state index is -4.73. The number of nitrogens with zero attached hydrogens (tertiary/aromatic N) is 5. The third-order valence-corrected chi connectivity index (χ3v) is 4.77. The topological polar surface area (TPSA) is 92.4 Å². The van der Waals surface area contributed by atoms with Crippen LogP contribution in [0.25, 0.3) is 0 Å². The summed E-state index contributed by atoms with van der Waals surface area (Å²) in [5.41, 5.74) is 7.18. The first-order valence-electron chi connectivity index (χ1n) is 9.53. The van der Waals surface area contributed by atoms with Crippen LogP contribution in [0, 0.1) is 0 Å². The van der Waals surface area contributed by atoms with Crippen LogP contribution >= 0.6 is 0 Å². The summed E-state index contributed by atoms with van der Waals surface area (Å²) in [5.74, 6) is 1.61. The number of halogens is 3. The van der Waals surface area contributed by atoms with Crippen LogP contribution in [-0.4, -0.2) is 47.5 Å². The van der Waals surface area contributed by atoms with Gasteiger partial charge in [0.1, 0.15) is 23.6 Å². The smallest absolute Gasteiger partial charge is 0.406 e. The molecule has 11 heteroatoms. The molecule has 0 radical (unpaired) electrons. The second kappa shape index (κ2) is 8.54. The van der Waals surface area contributed by atoms with Gasteiger partial charge in [0.25, 0.3) is 0 Å². The predicted molar refractivity (Wildman–Crippen MR) is 112 cm³/mol. The molecular formula is C20H20F3N7O. The molecule has 31 heavy (non-hydrogen) atoms. The Balaban J connectivity index is 1.43. The molecule has 0 aliphatic carbocycles. The lowest BCUT2D eigenvalue weighted by Gasteiger charge is -2.36. The van der Waals surface area contributed by atoms with Crippen molar-refractivity contribution in [3.05, 3.63) is 55.0 Å². The normalized spacial score (nSPS) is 14.4. The summed E-state index contributed by atoms with van der Waals surface area (Å²) in [7, 11) is 0. The fraction of sp³-hybridized carbons (Fsp3) is 0.250. The zero-order valence-electron chi connectivity index (χ0n) is 16.4. The maximum atomic E-state index is 12.3. The number of alkyl halides is 3. The molecule has 3 aromatic rings. The molecule has 0 atom stereocenters. The van der Waals surface area contributed by atoms with E-state index < -0.39 is 6.36 Å². The Bertz CT molecular complexity index is 1010. The van der Waals surface area contributed by atoms with E-state index in [1.807, 2.05) is 18.2 Å². The molecule has 2 aromatic heterocycles. The SMILES string of the molecule is Nc1c(Nc2ccc(OC(F)(F)F)cc2)ncnc1N1CCN(c2ccccn2)CC1. The van der Waals surface area contributed by atoms with E-state index in [0.29, 0.717) is 36.1 Å². The standard InChI is InChI=1S/C20H20F3N7O/c21-20(22,23)31-15-6-4-14(5-7-15)28-18-17(24)19(27-13-26-18)30-11-9-29(10-12-30)16-3-1-2-8-25-16/h1-8,13H,9-12,24H2,(H,26,27,28). The van der Waals surface area contributed by atoms with Crippen LogP contribution in [0.4, 0.5) is 42.0 Å². The van der Waals surface area contributed by atoms with Gasteiger partial charge in [0.2, 0.25) is 0 Å². The minimum absolute atomic E-state index is 0.305. The molecule has 1 aliphatic rings. The molecule has 0 saturated carbocycles. The van der Waals surface area contributed by atoms with Gasteiger partial charge in [0, 0.05) is 38.1 Å². The van der Waals surface area contributed by atoms with Crippen LogP contribution in [0.3, 0.4) is 0 Å². The molecule has 8 nitrogen and oxygen atoms in total. The fourth-order valence-corrected chi connectivity index (χ4v) is 3.30. The number of aromatic nitrogens is 3. The number of nitrogen functional groups attached to an aromatic ring is 1. The highest BCUT2D eigenvalue weighted by molar-refractivity contribution is 5.78. The van der Waals surface area contributed by atoms with Crippen molar-refractivity contribution in [3.63, 3.8) is 0 Å². The molecule has 1 aromatic carbocycles. The monoisotopic (exact) mass is 431 g/mol. The van der Waals surface area contributed by atoms with Gasteiger partial charge < -0.3 is 25.6 Å². The minimum Gasteiger partial charge on any atom is -0.406 e. The largest absolute Gasteiger partial charge is 0.573 e. The third kappa shape index (κ3) is 5.05. The second-order valence-electron chi connectivity index (χ2n) is 6.82. The molecule has 0 bridgehead atoms. The highest BCUT2D eigenvalue weighted by atomic mass is 19.4. The van der Waals surface area contributed by atoms with E-state index >= 15 is 0 Å². The predicted octanol–water partition coefficient (Wildman–Crippen LogP) is 3.42. The van der Waals surface area contributed by atoms with Crippen molar-refractivity contribution >= 4 is 28.8 Å². The highest BCUT2D eigenvalue weighted by Crippen LogP contribution is 2.30. The first-order valence-corrected chi connectivity index (χ1v) is 9.53. The average Bonchev–Trinajstić information content (AvgIpc) is 2.76. The summed E-state index contributed by atoms with van der Waals surface area (Å²) in [6.07, 6.45) is -1.56. The first kappa shape index (κ1) is 20.5. The Morgan fingerprint density at radius 1 is 0.903 bits per heavy atom. The van der Waals surface area contributed by atoms with Crippen LogP contribution < -0.4 is 25.6 Å². The number of nitrogens with one attached hydrogen (secondary N) is 1. The van der Waals surface area contributed by atoms with E-state index in [0.717, 1.165) is 18.9 Å². The number of benzene rings is 1. The summed E-state index contributed by atoms with van der Waals surface area (Å²) < 4.78 is 40.8. The Hall–Kier alpha value is -3.76. The zero-order chi connectivity index (χ0) is 21.8. The van der Waals surface area contributed by atoms with Crippen LogP contribution in [-0.2, 0) is 0 Å². The van der Waals surface area contributed by atoms with Gasteiger partial charge >= 0.3 is 6.36 Å². The van der Waals surface area contributed by atoms with Crippen molar-refractivity contribution < 1.29 is 17.9 Å². The van der Waals surface area contributed by atoms with Crippen LogP contribution in [0.5, 0.6) is 5.75 Å². The van der Waals surface area contributed by atoms with Gasteiger partial charge in [-0.25, -0.2) is 15.0 Å². The van der Waals surface area contributed by atoms with E-state index in [4.69, 9.17) is 5.73 Å². The summed E-state index contributed by atoms with van der Waals surface area (Å²) in [4.78, 5) is 17.1. The van der Waals surface area contributed by atoms with Gasteiger partial charge in [-0.2, -0.15) is 0 Å². The molecular weight excluding hydrogens is 411 g/mol. The Kier molecular flexibility index (Phi) is 5.65. The van der Waals surface area contributed by atoms with Crippen molar-refractivity contribution in [3.8, 4) is 5.75 Å². The molecule has 1 aliphatic heterocycles.